The van der Waals surface area contributed by atoms with Crippen LogP contribution in [-0.2, 0) is 19.1 Å². The Morgan fingerprint density at radius 3 is 1.05 bits per heavy atom. The summed E-state index contributed by atoms with van der Waals surface area (Å²) in [6.45, 7) is 0. The molecule has 0 N–H and O–H groups in total. The first-order valence-electron chi connectivity index (χ1n) is 8.70. The van der Waals surface area contributed by atoms with Crippen molar-refractivity contribution in [2.75, 3.05) is 14.2 Å². The van der Waals surface area contributed by atoms with Gasteiger partial charge in [-0.05, 0) is 74.0 Å². The van der Waals surface area contributed by atoms with E-state index in [9.17, 15) is 9.59 Å². The first-order valence-corrected chi connectivity index (χ1v) is 8.70. The molecule has 0 saturated heterocycles. The molecule has 7 rings (SSSR count). The lowest BCUT2D eigenvalue weighted by Gasteiger charge is -2.73. The molecule has 22 heavy (non-hydrogen) atoms. The van der Waals surface area contributed by atoms with E-state index in [1.54, 1.807) is 0 Å². The summed E-state index contributed by atoms with van der Waals surface area (Å²) in [5.41, 5.74) is -0.387. The van der Waals surface area contributed by atoms with Crippen molar-refractivity contribution in [1.29, 1.82) is 0 Å². The third kappa shape index (κ3) is 1.28. The predicted molar refractivity (Wildman–Crippen MR) is 77.5 cm³/mol. The maximum Gasteiger partial charge on any atom is 0.311 e. The van der Waals surface area contributed by atoms with E-state index in [4.69, 9.17) is 9.47 Å². The Morgan fingerprint density at radius 2 is 0.864 bits per heavy atom. The van der Waals surface area contributed by atoms with Crippen LogP contribution in [0.15, 0.2) is 0 Å². The molecule has 0 aromatic rings. The molecule has 7 fully saturated rings. The summed E-state index contributed by atoms with van der Waals surface area (Å²) in [6.07, 6.45) is 6.04. The Hall–Kier alpha value is -1.06. The maximum atomic E-state index is 12.4. The van der Waals surface area contributed by atoms with Gasteiger partial charge in [-0.15, -0.1) is 0 Å². The zero-order valence-corrected chi connectivity index (χ0v) is 13.3. The summed E-state index contributed by atoms with van der Waals surface area (Å²) in [5.74, 6) is 3.93. The minimum absolute atomic E-state index is 0.0308. The highest BCUT2D eigenvalue weighted by molar-refractivity contribution is 5.79. The third-order valence-electron chi connectivity index (χ3n) is 8.30. The van der Waals surface area contributed by atoms with Crippen LogP contribution >= 0.6 is 0 Å². The highest BCUT2D eigenvalue weighted by Crippen LogP contribution is 2.77. The molecule has 0 aliphatic heterocycles. The van der Waals surface area contributed by atoms with Gasteiger partial charge in [0.15, 0.2) is 0 Å². The lowest BCUT2D eigenvalue weighted by molar-refractivity contribution is -0.259. The van der Waals surface area contributed by atoms with Gasteiger partial charge in [-0.2, -0.15) is 0 Å². The zero-order chi connectivity index (χ0) is 15.3. The van der Waals surface area contributed by atoms with Crippen LogP contribution in [0.3, 0.4) is 0 Å². The molecule has 7 aliphatic rings. The molecule has 8 bridgehead atoms. The second-order valence-corrected chi connectivity index (χ2v) is 8.75. The molecule has 4 heteroatoms. The van der Waals surface area contributed by atoms with Crippen LogP contribution < -0.4 is 0 Å². The van der Waals surface area contributed by atoms with Gasteiger partial charge in [0.05, 0.1) is 25.0 Å². The molecule has 0 amide bonds. The minimum Gasteiger partial charge on any atom is -0.469 e. The number of ether oxygens (including phenoxy) is 2. The van der Waals surface area contributed by atoms with E-state index >= 15 is 0 Å². The van der Waals surface area contributed by atoms with Gasteiger partial charge >= 0.3 is 11.9 Å². The van der Waals surface area contributed by atoms with Crippen molar-refractivity contribution >= 4 is 11.9 Å². The normalized spacial score (nSPS) is 56.3. The van der Waals surface area contributed by atoms with Gasteiger partial charge in [0.25, 0.3) is 0 Å². The smallest absolute Gasteiger partial charge is 0.311 e. The van der Waals surface area contributed by atoms with Crippen LogP contribution in [0.5, 0.6) is 0 Å². The summed E-state index contributed by atoms with van der Waals surface area (Å²) in [5, 5.41) is 0. The second-order valence-electron chi connectivity index (χ2n) is 8.75. The van der Waals surface area contributed by atoms with Gasteiger partial charge in [-0.25, -0.2) is 0 Å². The number of carbonyl (C=O) groups excluding carboxylic acids is 2. The molecule has 0 unspecified atom stereocenters. The Labute approximate surface area is 130 Å². The highest BCUT2D eigenvalue weighted by Gasteiger charge is 2.73. The van der Waals surface area contributed by atoms with Gasteiger partial charge in [0.1, 0.15) is 0 Å². The van der Waals surface area contributed by atoms with Crippen molar-refractivity contribution in [2.24, 2.45) is 46.3 Å². The first-order chi connectivity index (χ1) is 10.5. The molecule has 0 radical (unpaired) electrons. The van der Waals surface area contributed by atoms with E-state index in [0.717, 1.165) is 38.5 Å². The van der Waals surface area contributed by atoms with Crippen LogP contribution in [0, 0.1) is 46.3 Å². The molecule has 4 nitrogen and oxygen atoms in total. The van der Waals surface area contributed by atoms with Gasteiger partial charge in [-0.3, -0.25) is 9.59 Å². The first kappa shape index (κ1) is 13.4. The zero-order valence-electron chi connectivity index (χ0n) is 13.3. The van der Waals surface area contributed by atoms with Gasteiger partial charge in [-0.1, -0.05) is 0 Å². The second kappa shape index (κ2) is 3.88. The molecule has 0 heterocycles. The Balaban J connectivity index is 1.55. The highest BCUT2D eigenvalue weighted by atomic mass is 16.5. The number of hydrogen-bond donors (Lipinski definition) is 0. The van der Waals surface area contributed by atoms with Gasteiger partial charge in [0, 0.05) is 0 Å². The van der Waals surface area contributed by atoms with Crippen molar-refractivity contribution in [2.45, 2.75) is 38.5 Å². The van der Waals surface area contributed by atoms with Gasteiger partial charge in [0.2, 0.25) is 0 Å². The summed E-state index contributed by atoms with van der Waals surface area (Å²) in [4.78, 5) is 24.9. The third-order valence-corrected chi connectivity index (χ3v) is 8.30. The topological polar surface area (TPSA) is 52.6 Å². The van der Waals surface area contributed by atoms with E-state index in [0.29, 0.717) is 35.5 Å². The molecule has 0 aromatic heterocycles. The Kier molecular flexibility index (Phi) is 2.36. The summed E-state index contributed by atoms with van der Waals surface area (Å²) in [6, 6.07) is 0. The van der Waals surface area contributed by atoms with Crippen LogP contribution in [0.2, 0.25) is 0 Å². The molecular formula is C18H24O4. The van der Waals surface area contributed by atoms with Crippen LogP contribution in [-0.4, -0.2) is 26.2 Å². The maximum absolute atomic E-state index is 12.4. The summed E-state index contributed by atoms with van der Waals surface area (Å²) in [7, 11) is 3.07. The van der Waals surface area contributed by atoms with Crippen molar-refractivity contribution in [1.82, 2.24) is 0 Å². The lowest BCUT2D eigenvalue weighted by atomic mass is 9.30. The molecule has 7 saturated carbocycles. The molecule has 0 atom stereocenters. The fourth-order valence-corrected chi connectivity index (χ4v) is 7.86. The quantitative estimate of drug-likeness (QED) is 0.735. The minimum atomic E-state index is -0.194. The van der Waals surface area contributed by atoms with Crippen molar-refractivity contribution in [3.05, 3.63) is 0 Å². The molecular weight excluding hydrogens is 280 g/mol. The predicted octanol–water partition coefficient (Wildman–Crippen LogP) is 2.41. The van der Waals surface area contributed by atoms with E-state index in [1.165, 1.54) is 14.2 Å². The summed E-state index contributed by atoms with van der Waals surface area (Å²) >= 11 is 0. The molecule has 120 valence electrons. The number of rotatable bonds is 2. The van der Waals surface area contributed by atoms with Crippen molar-refractivity contribution in [3.63, 3.8) is 0 Å². The molecule has 0 spiro atoms. The van der Waals surface area contributed by atoms with E-state index < -0.39 is 0 Å². The Bertz CT molecular complexity index is 452. The average Bonchev–Trinajstić information content (AvgIpc) is 2.57. The van der Waals surface area contributed by atoms with E-state index in [1.807, 2.05) is 0 Å². The fraction of sp³-hybridized carbons (Fsp3) is 0.889. The van der Waals surface area contributed by atoms with Crippen LogP contribution in [0.4, 0.5) is 0 Å². The summed E-state index contributed by atoms with van der Waals surface area (Å²) < 4.78 is 10.3. The van der Waals surface area contributed by atoms with Crippen molar-refractivity contribution in [3.8, 4) is 0 Å². The van der Waals surface area contributed by atoms with Crippen LogP contribution in [0.1, 0.15) is 38.5 Å². The van der Waals surface area contributed by atoms with Crippen LogP contribution in [0.25, 0.3) is 0 Å². The van der Waals surface area contributed by atoms with E-state index in [2.05, 4.69) is 0 Å². The van der Waals surface area contributed by atoms with Crippen molar-refractivity contribution < 1.29 is 19.1 Å². The van der Waals surface area contributed by atoms with E-state index in [-0.39, 0.29) is 22.8 Å². The fourth-order valence-electron chi connectivity index (χ4n) is 7.86. The van der Waals surface area contributed by atoms with Gasteiger partial charge < -0.3 is 9.47 Å². The lowest BCUT2D eigenvalue weighted by Crippen LogP contribution is -2.70. The molecule has 7 aliphatic carbocycles. The number of carbonyl (C=O) groups is 2. The number of methoxy groups -OCH3 is 2. The Morgan fingerprint density at radius 1 is 0.636 bits per heavy atom. The number of hydrogen-bond acceptors (Lipinski definition) is 4. The monoisotopic (exact) mass is 304 g/mol. The standard InChI is InChI=1S/C18H24O4/c1-21-15(19)17-3-9-12-6-18(16(20)22-2)7-13(9)11(5-17)14(8-18)10(12)4-17/h9-14H,3-8H2,1-2H3. The SMILES string of the molecule is COC(=O)C12CC3C4CC5(C(=O)OC)CC3C(C1)C(C5)C4C2. The largest absolute Gasteiger partial charge is 0.469 e. The number of esters is 2. The molecule has 0 aromatic carbocycles. The average molecular weight is 304 g/mol.